The van der Waals surface area contributed by atoms with E-state index in [4.69, 9.17) is 0 Å². The fraction of sp³-hybridized carbons (Fsp3) is 0.333. The summed E-state index contributed by atoms with van der Waals surface area (Å²) >= 11 is 1.88. The molecule has 3 N–H and O–H groups in total. The van der Waals surface area contributed by atoms with Gasteiger partial charge in [0.1, 0.15) is 0 Å². The Morgan fingerprint density at radius 3 is 2.68 bits per heavy atom. The number of benzene rings is 2. The summed E-state index contributed by atoms with van der Waals surface area (Å²) in [5.41, 5.74) is 2.29. The van der Waals surface area contributed by atoms with E-state index >= 15 is 0 Å². The van der Waals surface area contributed by atoms with Crippen LogP contribution in [0.3, 0.4) is 0 Å². The molecule has 1 fully saturated rings. The molecule has 0 aromatic heterocycles. The minimum atomic E-state index is -0.148. The summed E-state index contributed by atoms with van der Waals surface area (Å²) in [5.74, 6) is 1.98. The van der Waals surface area contributed by atoms with Crippen molar-refractivity contribution in [3.8, 4) is 0 Å². The molecule has 0 saturated carbocycles. The zero-order valence-electron chi connectivity index (χ0n) is 15.8. The summed E-state index contributed by atoms with van der Waals surface area (Å²) in [6, 6.07) is 16.8. The van der Waals surface area contributed by atoms with Crippen LogP contribution in [-0.4, -0.2) is 35.9 Å². The van der Waals surface area contributed by atoms with Crippen LogP contribution in [0.5, 0.6) is 0 Å². The highest BCUT2D eigenvalue weighted by atomic mass is 35.5. The number of thioether (sulfide) groups is 1. The summed E-state index contributed by atoms with van der Waals surface area (Å²) in [7, 11) is 0. The van der Waals surface area contributed by atoms with Crippen LogP contribution in [0.25, 0.3) is 0 Å². The van der Waals surface area contributed by atoms with E-state index in [0.29, 0.717) is 17.7 Å². The second-order valence-electron chi connectivity index (χ2n) is 6.66. The number of carbonyl (C=O) groups excluding carboxylic acids is 2. The Hall–Kier alpha value is -2.02. The van der Waals surface area contributed by atoms with Crippen LogP contribution < -0.4 is 16.0 Å². The fourth-order valence-electron chi connectivity index (χ4n) is 3.04. The van der Waals surface area contributed by atoms with Gasteiger partial charge in [-0.25, -0.2) is 0 Å². The van der Waals surface area contributed by atoms with Crippen molar-refractivity contribution in [3.05, 3.63) is 65.7 Å². The largest absolute Gasteiger partial charge is 0.350 e. The lowest BCUT2D eigenvalue weighted by molar-refractivity contribution is -0.122. The molecule has 0 aliphatic carbocycles. The molecule has 1 aliphatic heterocycles. The van der Waals surface area contributed by atoms with Crippen LogP contribution in [0.1, 0.15) is 35.3 Å². The van der Waals surface area contributed by atoms with Crippen LogP contribution >= 0.6 is 24.2 Å². The van der Waals surface area contributed by atoms with Gasteiger partial charge in [-0.1, -0.05) is 30.3 Å². The van der Waals surface area contributed by atoms with Gasteiger partial charge in [-0.2, -0.15) is 11.8 Å². The normalized spacial score (nSPS) is 17.1. The summed E-state index contributed by atoms with van der Waals surface area (Å²) < 4.78 is 0. The molecule has 5 nitrogen and oxygen atoms in total. The molecule has 2 aromatic carbocycles. The summed E-state index contributed by atoms with van der Waals surface area (Å²) in [6.45, 7) is 2.92. The van der Waals surface area contributed by atoms with Gasteiger partial charge in [0, 0.05) is 41.8 Å². The van der Waals surface area contributed by atoms with Crippen molar-refractivity contribution >= 4 is 41.7 Å². The van der Waals surface area contributed by atoms with Crippen molar-refractivity contribution in [3.63, 3.8) is 0 Å². The quantitative estimate of drug-likeness (QED) is 0.668. The number of nitrogens with one attached hydrogen (secondary N) is 3. The summed E-state index contributed by atoms with van der Waals surface area (Å²) in [6.07, 6.45) is 0.488. The van der Waals surface area contributed by atoms with Gasteiger partial charge < -0.3 is 16.0 Å². The number of anilines is 1. The molecule has 2 aromatic rings. The fourth-order valence-corrected chi connectivity index (χ4v) is 3.99. The minimum Gasteiger partial charge on any atom is -0.350 e. The first kappa shape index (κ1) is 22.3. The third-order valence-corrected chi connectivity index (χ3v) is 5.62. The van der Waals surface area contributed by atoms with Gasteiger partial charge in [0.25, 0.3) is 5.91 Å². The van der Waals surface area contributed by atoms with Gasteiger partial charge in [-0.05, 0) is 36.8 Å². The second-order valence-corrected chi connectivity index (χ2v) is 7.81. The summed E-state index contributed by atoms with van der Waals surface area (Å²) in [4.78, 5) is 24.6. The maximum atomic E-state index is 12.3. The van der Waals surface area contributed by atoms with E-state index in [2.05, 4.69) is 16.0 Å². The Balaban J connectivity index is 0.00000280. The molecule has 28 heavy (non-hydrogen) atoms. The smallest absolute Gasteiger partial charge is 0.255 e. The monoisotopic (exact) mass is 419 g/mol. The average molecular weight is 420 g/mol. The molecule has 0 radical (unpaired) electrons. The SMILES string of the molecule is CC(NC(=O)CC1CSCCN1)c1cccc(NC(=O)c2ccccc2)c1.Cl. The molecule has 2 amide bonds. The van der Waals surface area contributed by atoms with E-state index in [1.54, 1.807) is 12.1 Å². The van der Waals surface area contributed by atoms with Crippen molar-refractivity contribution in [2.24, 2.45) is 0 Å². The molecular formula is C21H26ClN3O2S. The Bertz CT molecular complexity index is 782. The molecule has 1 aliphatic rings. The lowest BCUT2D eigenvalue weighted by Gasteiger charge is -2.23. The Kier molecular flexibility index (Phi) is 8.83. The maximum Gasteiger partial charge on any atom is 0.255 e. The van der Waals surface area contributed by atoms with E-state index in [0.717, 1.165) is 23.6 Å². The molecule has 0 spiro atoms. The van der Waals surface area contributed by atoms with Crippen molar-refractivity contribution < 1.29 is 9.59 Å². The van der Waals surface area contributed by atoms with Gasteiger partial charge in [-0.3, -0.25) is 9.59 Å². The number of carbonyl (C=O) groups is 2. The summed E-state index contributed by atoms with van der Waals surface area (Å²) in [5, 5.41) is 9.34. The zero-order chi connectivity index (χ0) is 19.1. The van der Waals surface area contributed by atoms with Crippen molar-refractivity contribution in [2.75, 3.05) is 23.4 Å². The predicted octanol–water partition coefficient (Wildman–Crippen LogP) is 3.63. The van der Waals surface area contributed by atoms with Crippen LogP contribution in [0.4, 0.5) is 5.69 Å². The number of hydrogen-bond donors (Lipinski definition) is 3. The zero-order valence-corrected chi connectivity index (χ0v) is 17.4. The number of rotatable bonds is 6. The topological polar surface area (TPSA) is 70.2 Å². The number of hydrogen-bond acceptors (Lipinski definition) is 4. The van der Waals surface area contributed by atoms with Gasteiger partial charge in [0.2, 0.25) is 5.91 Å². The van der Waals surface area contributed by atoms with E-state index in [1.165, 1.54) is 0 Å². The Morgan fingerprint density at radius 2 is 1.96 bits per heavy atom. The lowest BCUT2D eigenvalue weighted by Crippen LogP contribution is -2.41. The van der Waals surface area contributed by atoms with E-state index < -0.39 is 0 Å². The highest BCUT2D eigenvalue weighted by Crippen LogP contribution is 2.19. The van der Waals surface area contributed by atoms with E-state index in [9.17, 15) is 9.59 Å². The number of halogens is 1. The molecule has 2 atom stereocenters. The molecule has 1 heterocycles. The van der Waals surface area contributed by atoms with Gasteiger partial charge in [0.05, 0.1) is 6.04 Å². The van der Waals surface area contributed by atoms with Crippen molar-refractivity contribution in [1.82, 2.24) is 10.6 Å². The third kappa shape index (κ3) is 6.55. The highest BCUT2D eigenvalue weighted by Gasteiger charge is 2.18. The molecule has 2 unspecified atom stereocenters. The number of amides is 2. The van der Waals surface area contributed by atoms with Crippen molar-refractivity contribution in [1.29, 1.82) is 0 Å². The van der Waals surface area contributed by atoms with Crippen LogP contribution in [0.15, 0.2) is 54.6 Å². The molecule has 1 saturated heterocycles. The maximum absolute atomic E-state index is 12.3. The average Bonchev–Trinajstić information content (AvgIpc) is 2.69. The molecule has 7 heteroatoms. The van der Waals surface area contributed by atoms with E-state index in [-0.39, 0.29) is 36.3 Å². The molecule has 0 bridgehead atoms. The molecular weight excluding hydrogens is 394 g/mol. The first-order valence-corrected chi connectivity index (χ1v) is 10.3. The van der Waals surface area contributed by atoms with E-state index in [1.807, 2.05) is 61.2 Å². The standard InChI is InChI=1S/C21H25N3O2S.ClH/c1-15(23-20(25)13-19-14-27-11-10-22-19)17-8-5-9-18(12-17)24-21(26)16-6-3-2-4-7-16;/h2-9,12,15,19,22H,10-11,13-14H2,1H3,(H,23,25)(H,24,26);1H. The first-order valence-electron chi connectivity index (χ1n) is 9.18. The van der Waals surface area contributed by atoms with Crippen LogP contribution in [0, 0.1) is 0 Å². The van der Waals surface area contributed by atoms with Gasteiger partial charge in [0.15, 0.2) is 0 Å². The lowest BCUT2D eigenvalue weighted by atomic mass is 10.1. The molecule has 3 rings (SSSR count). The van der Waals surface area contributed by atoms with Gasteiger partial charge >= 0.3 is 0 Å². The first-order chi connectivity index (χ1) is 13.1. The van der Waals surface area contributed by atoms with Crippen LogP contribution in [0.2, 0.25) is 0 Å². The second kappa shape index (κ2) is 11.1. The minimum absolute atomic E-state index is 0. The Morgan fingerprint density at radius 1 is 1.18 bits per heavy atom. The van der Waals surface area contributed by atoms with Gasteiger partial charge in [-0.15, -0.1) is 12.4 Å². The third-order valence-electron chi connectivity index (χ3n) is 4.49. The van der Waals surface area contributed by atoms with Crippen molar-refractivity contribution in [2.45, 2.75) is 25.4 Å². The van der Waals surface area contributed by atoms with Crippen LogP contribution in [-0.2, 0) is 4.79 Å². The predicted molar refractivity (Wildman–Crippen MR) is 118 cm³/mol. The molecule has 150 valence electrons. The Labute approximate surface area is 176 Å². The highest BCUT2D eigenvalue weighted by molar-refractivity contribution is 7.99.